The summed E-state index contributed by atoms with van der Waals surface area (Å²) in [6.07, 6.45) is 71.1. The van der Waals surface area contributed by atoms with E-state index in [-0.39, 0.29) is 18.5 Å². The van der Waals surface area contributed by atoms with E-state index in [9.17, 15) is 35.1 Å². The molecule has 6 N–H and O–H groups in total. The molecule has 1 aliphatic rings. The number of allylic oxidation sites excluding steroid dienone is 9. The van der Waals surface area contributed by atoms with Gasteiger partial charge in [-0.2, -0.15) is 0 Å². The minimum absolute atomic E-state index is 0.00135. The first kappa shape index (κ1) is 78.4. The van der Waals surface area contributed by atoms with Crippen molar-refractivity contribution in [1.29, 1.82) is 0 Å². The standard InChI is InChI=1S/C72H131NO10/c1-3-5-7-9-11-13-14-15-37-40-44-48-52-56-60-68(77)81-61-57-53-49-45-41-38-35-33-31-29-27-25-23-21-19-17-16-18-20-22-24-26-28-30-32-34-36-39-43-47-51-55-59-67(76)73-64(65(75)58-54-50-46-42-12-10-8-6-4-2)63-82-72-71(80)70(79)69(78)66(62-74)83-72/h4,6,12,14-15,19,21,42,54,58,64-66,69-72,74-75,78-80H,3,5,7-11,13,16-18,20,22-41,43-53,55-57,59-63H2,1-2H3,(H,73,76)/b6-4+,15-14-,21-19-,42-12+,58-54+. The van der Waals surface area contributed by atoms with Gasteiger partial charge in [0.2, 0.25) is 5.91 Å². The lowest BCUT2D eigenvalue weighted by Gasteiger charge is -2.40. The van der Waals surface area contributed by atoms with Crippen LogP contribution in [-0.2, 0) is 23.8 Å². The van der Waals surface area contributed by atoms with Crippen LogP contribution in [0.3, 0.4) is 0 Å². The first-order valence-corrected chi connectivity index (χ1v) is 35.0. The molecule has 0 aromatic heterocycles. The Labute approximate surface area is 509 Å². The summed E-state index contributed by atoms with van der Waals surface area (Å²) in [6.45, 7) is 4.10. The summed E-state index contributed by atoms with van der Waals surface area (Å²) < 4.78 is 16.7. The third kappa shape index (κ3) is 50.1. The monoisotopic (exact) mass is 1170 g/mol. The number of rotatable bonds is 61. The van der Waals surface area contributed by atoms with Gasteiger partial charge in [-0.1, -0.05) is 267 Å². The lowest BCUT2D eigenvalue weighted by Crippen LogP contribution is -2.60. The molecule has 11 heteroatoms. The van der Waals surface area contributed by atoms with Gasteiger partial charge in [-0.05, 0) is 103 Å². The van der Waals surface area contributed by atoms with Gasteiger partial charge in [-0.25, -0.2) is 0 Å². The van der Waals surface area contributed by atoms with Crippen molar-refractivity contribution >= 4 is 11.9 Å². The van der Waals surface area contributed by atoms with E-state index in [0.717, 1.165) is 64.2 Å². The van der Waals surface area contributed by atoms with E-state index < -0.39 is 49.5 Å². The van der Waals surface area contributed by atoms with Gasteiger partial charge in [0, 0.05) is 12.8 Å². The summed E-state index contributed by atoms with van der Waals surface area (Å²) in [5, 5.41) is 54.2. The maximum absolute atomic E-state index is 13.0. The van der Waals surface area contributed by atoms with Crippen molar-refractivity contribution in [3.8, 4) is 0 Å². The number of carbonyl (C=O) groups excluding carboxylic acids is 2. The smallest absolute Gasteiger partial charge is 0.305 e. The van der Waals surface area contributed by atoms with Crippen molar-refractivity contribution in [3.05, 3.63) is 60.8 Å². The van der Waals surface area contributed by atoms with E-state index in [1.54, 1.807) is 6.08 Å². The van der Waals surface area contributed by atoms with E-state index in [0.29, 0.717) is 19.4 Å². The second-order valence-electron chi connectivity index (χ2n) is 24.2. The van der Waals surface area contributed by atoms with Crippen LogP contribution in [0.1, 0.15) is 322 Å². The minimum atomic E-state index is -1.58. The van der Waals surface area contributed by atoms with Crippen LogP contribution < -0.4 is 5.32 Å². The number of hydrogen-bond acceptors (Lipinski definition) is 10. The normalized spacial score (nSPS) is 18.5. The molecular formula is C72H131NO10. The van der Waals surface area contributed by atoms with Crippen molar-refractivity contribution in [1.82, 2.24) is 5.32 Å². The number of esters is 1. The SMILES string of the molecule is C/C=C/CC/C=C/CC/C=C/C(O)C(COC1OC(CO)C(O)C(O)C1O)NC(=O)CCCCCCCCCCCCCCCCCC/C=C\CCCCCCCCCCCCCCOC(=O)CCCCCCC/C=C\CCCCCCC. The molecule has 484 valence electrons. The topological polar surface area (TPSA) is 175 Å². The van der Waals surface area contributed by atoms with E-state index in [4.69, 9.17) is 14.2 Å². The van der Waals surface area contributed by atoms with E-state index in [1.165, 1.54) is 231 Å². The minimum Gasteiger partial charge on any atom is -0.466 e. The van der Waals surface area contributed by atoms with Gasteiger partial charge in [-0.15, -0.1) is 0 Å². The third-order valence-corrected chi connectivity index (χ3v) is 16.4. The molecule has 0 aromatic carbocycles. The fourth-order valence-corrected chi connectivity index (χ4v) is 10.9. The molecule has 7 atom stereocenters. The molecule has 1 heterocycles. The van der Waals surface area contributed by atoms with Crippen molar-refractivity contribution in [2.75, 3.05) is 19.8 Å². The summed E-state index contributed by atoms with van der Waals surface area (Å²) in [6, 6.07) is -0.832. The van der Waals surface area contributed by atoms with Crippen molar-refractivity contribution < 1.29 is 49.3 Å². The zero-order valence-electron chi connectivity index (χ0n) is 53.7. The van der Waals surface area contributed by atoms with Crippen LogP contribution in [-0.4, -0.2) is 100 Å². The molecule has 11 nitrogen and oxygen atoms in total. The predicted molar refractivity (Wildman–Crippen MR) is 347 cm³/mol. The van der Waals surface area contributed by atoms with E-state index in [2.05, 4.69) is 54.8 Å². The van der Waals surface area contributed by atoms with Crippen molar-refractivity contribution in [2.45, 2.75) is 365 Å². The Balaban J connectivity index is 1.91. The average molecular weight is 1170 g/mol. The Hall–Kier alpha value is -2.64. The highest BCUT2D eigenvalue weighted by molar-refractivity contribution is 5.76. The fourth-order valence-electron chi connectivity index (χ4n) is 10.9. The van der Waals surface area contributed by atoms with Gasteiger partial charge in [0.15, 0.2) is 6.29 Å². The Morgan fingerprint density at radius 3 is 1.27 bits per heavy atom. The molecule has 0 aromatic rings. The van der Waals surface area contributed by atoms with Crippen molar-refractivity contribution in [3.63, 3.8) is 0 Å². The molecule has 0 radical (unpaired) electrons. The van der Waals surface area contributed by atoms with Gasteiger partial charge in [0.1, 0.15) is 24.4 Å². The van der Waals surface area contributed by atoms with Crippen LogP contribution in [0.4, 0.5) is 0 Å². The van der Waals surface area contributed by atoms with E-state index in [1.807, 2.05) is 19.1 Å². The van der Waals surface area contributed by atoms with E-state index >= 15 is 0 Å². The molecule has 1 amide bonds. The molecule has 0 saturated carbocycles. The van der Waals surface area contributed by atoms with Gasteiger partial charge in [0.05, 0.1) is 32.0 Å². The molecule has 7 unspecified atom stereocenters. The Kier molecular flexibility index (Phi) is 57.6. The van der Waals surface area contributed by atoms with Crippen LogP contribution in [0, 0.1) is 0 Å². The Morgan fingerprint density at radius 2 is 0.831 bits per heavy atom. The molecule has 83 heavy (non-hydrogen) atoms. The van der Waals surface area contributed by atoms with Gasteiger partial charge in [-0.3, -0.25) is 9.59 Å². The highest BCUT2D eigenvalue weighted by atomic mass is 16.7. The molecule has 0 bridgehead atoms. The predicted octanol–water partition coefficient (Wildman–Crippen LogP) is 17.7. The molecule has 1 rings (SSSR count). The second-order valence-corrected chi connectivity index (χ2v) is 24.2. The third-order valence-electron chi connectivity index (χ3n) is 16.4. The summed E-state index contributed by atoms with van der Waals surface area (Å²) in [5.41, 5.74) is 0. The number of carbonyl (C=O) groups is 2. The van der Waals surface area contributed by atoms with Crippen LogP contribution in [0.5, 0.6) is 0 Å². The average Bonchev–Trinajstić information content (AvgIpc) is 3.55. The lowest BCUT2D eigenvalue weighted by molar-refractivity contribution is -0.302. The summed E-state index contributed by atoms with van der Waals surface area (Å²) in [5.74, 6) is -0.195. The molecule has 0 aliphatic carbocycles. The summed E-state index contributed by atoms with van der Waals surface area (Å²) in [7, 11) is 0. The fraction of sp³-hybridized carbons (Fsp3) is 0.833. The highest BCUT2D eigenvalue weighted by Gasteiger charge is 2.44. The number of amides is 1. The Morgan fingerprint density at radius 1 is 0.458 bits per heavy atom. The number of ether oxygens (including phenoxy) is 3. The summed E-state index contributed by atoms with van der Waals surface area (Å²) in [4.78, 5) is 25.1. The summed E-state index contributed by atoms with van der Waals surface area (Å²) >= 11 is 0. The van der Waals surface area contributed by atoms with Gasteiger partial charge in [0.25, 0.3) is 0 Å². The van der Waals surface area contributed by atoms with Gasteiger partial charge >= 0.3 is 5.97 Å². The second kappa shape index (κ2) is 61.0. The zero-order valence-corrected chi connectivity index (χ0v) is 53.7. The maximum atomic E-state index is 13.0. The molecule has 1 aliphatic heterocycles. The maximum Gasteiger partial charge on any atom is 0.305 e. The molecule has 1 fully saturated rings. The number of unbranched alkanes of at least 4 members (excludes halogenated alkanes) is 40. The van der Waals surface area contributed by atoms with Gasteiger partial charge < -0.3 is 45.1 Å². The Bertz CT molecular complexity index is 1560. The van der Waals surface area contributed by atoms with Crippen LogP contribution >= 0.6 is 0 Å². The van der Waals surface area contributed by atoms with Crippen LogP contribution in [0.15, 0.2) is 60.8 Å². The zero-order chi connectivity index (χ0) is 60.2. The largest absolute Gasteiger partial charge is 0.466 e. The number of nitrogens with one attached hydrogen (secondary N) is 1. The quantitative estimate of drug-likeness (QED) is 0.0195. The number of hydrogen-bond donors (Lipinski definition) is 6. The van der Waals surface area contributed by atoms with Crippen LogP contribution in [0.2, 0.25) is 0 Å². The highest BCUT2D eigenvalue weighted by Crippen LogP contribution is 2.23. The molecule has 0 spiro atoms. The lowest BCUT2D eigenvalue weighted by atomic mass is 9.99. The molecule has 1 saturated heterocycles. The van der Waals surface area contributed by atoms with Crippen LogP contribution in [0.25, 0.3) is 0 Å². The first-order valence-electron chi connectivity index (χ1n) is 35.0. The first-order chi connectivity index (χ1) is 40.7. The van der Waals surface area contributed by atoms with Crippen molar-refractivity contribution in [2.24, 2.45) is 0 Å². The number of aliphatic hydroxyl groups excluding tert-OH is 5. The number of aliphatic hydroxyl groups is 5. The molecular weight excluding hydrogens is 1040 g/mol.